The van der Waals surface area contributed by atoms with Gasteiger partial charge in [0, 0.05) is 18.4 Å². The highest BCUT2D eigenvalue weighted by molar-refractivity contribution is 5.09. The second kappa shape index (κ2) is 6.75. The van der Waals surface area contributed by atoms with E-state index in [1.54, 1.807) is 0 Å². The molecule has 0 aromatic carbocycles. The van der Waals surface area contributed by atoms with Crippen LogP contribution in [-0.4, -0.2) is 17.6 Å². The Balaban J connectivity index is 1.74. The van der Waals surface area contributed by atoms with Crippen LogP contribution >= 0.6 is 0 Å². The summed E-state index contributed by atoms with van der Waals surface area (Å²) < 4.78 is 0. The van der Waals surface area contributed by atoms with Crippen LogP contribution in [0.15, 0.2) is 24.5 Å². The van der Waals surface area contributed by atoms with Crippen LogP contribution < -0.4 is 5.32 Å². The van der Waals surface area contributed by atoms with Crippen molar-refractivity contribution in [1.29, 1.82) is 0 Å². The van der Waals surface area contributed by atoms with E-state index in [0.29, 0.717) is 0 Å². The largest absolute Gasteiger partial charge is 0.313 e. The number of nitrogens with zero attached hydrogens (tertiary/aromatic N) is 1. The lowest BCUT2D eigenvalue weighted by molar-refractivity contribution is 0.257. The molecule has 2 nitrogen and oxygen atoms in total. The SMILES string of the molecule is CCC1CCCCC1NCCc1ccncc1. The summed E-state index contributed by atoms with van der Waals surface area (Å²) in [7, 11) is 0. The molecule has 1 fully saturated rings. The zero-order valence-corrected chi connectivity index (χ0v) is 10.9. The van der Waals surface area contributed by atoms with E-state index in [2.05, 4.69) is 29.4 Å². The van der Waals surface area contributed by atoms with Crippen molar-refractivity contribution in [2.45, 2.75) is 51.5 Å². The van der Waals surface area contributed by atoms with Crippen LogP contribution in [0.3, 0.4) is 0 Å². The minimum Gasteiger partial charge on any atom is -0.313 e. The Labute approximate surface area is 105 Å². The summed E-state index contributed by atoms with van der Waals surface area (Å²) in [6, 6.07) is 4.98. The summed E-state index contributed by atoms with van der Waals surface area (Å²) in [6.07, 6.45) is 11.8. The van der Waals surface area contributed by atoms with Gasteiger partial charge in [-0.2, -0.15) is 0 Å². The monoisotopic (exact) mass is 232 g/mol. The average molecular weight is 232 g/mol. The third kappa shape index (κ3) is 3.81. The zero-order chi connectivity index (χ0) is 11.9. The van der Waals surface area contributed by atoms with E-state index in [-0.39, 0.29) is 0 Å². The highest BCUT2D eigenvalue weighted by atomic mass is 14.9. The molecule has 2 atom stereocenters. The van der Waals surface area contributed by atoms with Gasteiger partial charge in [-0.1, -0.05) is 26.2 Å². The van der Waals surface area contributed by atoms with Crippen molar-refractivity contribution >= 4 is 0 Å². The van der Waals surface area contributed by atoms with Gasteiger partial charge in [-0.3, -0.25) is 4.98 Å². The Morgan fingerprint density at radius 3 is 2.76 bits per heavy atom. The first kappa shape index (κ1) is 12.6. The van der Waals surface area contributed by atoms with Crippen molar-refractivity contribution in [2.24, 2.45) is 5.92 Å². The van der Waals surface area contributed by atoms with E-state index in [9.17, 15) is 0 Å². The third-order valence-corrected chi connectivity index (χ3v) is 4.00. The third-order valence-electron chi connectivity index (χ3n) is 4.00. The lowest BCUT2D eigenvalue weighted by atomic mass is 9.83. The van der Waals surface area contributed by atoms with Crippen molar-refractivity contribution in [2.75, 3.05) is 6.54 Å². The number of rotatable bonds is 5. The van der Waals surface area contributed by atoms with E-state index >= 15 is 0 Å². The molecule has 1 N–H and O–H groups in total. The topological polar surface area (TPSA) is 24.9 Å². The van der Waals surface area contributed by atoms with Gasteiger partial charge in [0.05, 0.1) is 0 Å². The molecule has 0 saturated heterocycles. The van der Waals surface area contributed by atoms with Gasteiger partial charge in [0.15, 0.2) is 0 Å². The van der Waals surface area contributed by atoms with Gasteiger partial charge < -0.3 is 5.32 Å². The van der Waals surface area contributed by atoms with Gasteiger partial charge in [0.1, 0.15) is 0 Å². The van der Waals surface area contributed by atoms with Crippen LogP contribution in [0.2, 0.25) is 0 Å². The molecule has 17 heavy (non-hydrogen) atoms. The van der Waals surface area contributed by atoms with Gasteiger partial charge in [-0.25, -0.2) is 0 Å². The van der Waals surface area contributed by atoms with Crippen molar-refractivity contribution in [3.63, 3.8) is 0 Å². The van der Waals surface area contributed by atoms with E-state index in [1.807, 2.05) is 12.4 Å². The first-order chi connectivity index (χ1) is 8.40. The summed E-state index contributed by atoms with van der Waals surface area (Å²) in [6.45, 7) is 3.43. The lowest BCUT2D eigenvalue weighted by Crippen LogP contribution is -2.39. The quantitative estimate of drug-likeness (QED) is 0.843. The van der Waals surface area contributed by atoms with Crippen molar-refractivity contribution in [3.05, 3.63) is 30.1 Å². The highest BCUT2D eigenvalue weighted by Gasteiger charge is 2.22. The predicted octanol–water partition coefficient (Wildman–Crippen LogP) is 3.18. The van der Waals surface area contributed by atoms with Crippen molar-refractivity contribution in [3.8, 4) is 0 Å². The molecule has 2 rings (SSSR count). The van der Waals surface area contributed by atoms with Gasteiger partial charge in [-0.05, 0) is 49.4 Å². The van der Waals surface area contributed by atoms with Crippen molar-refractivity contribution in [1.82, 2.24) is 10.3 Å². The first-order valence-corrected chi connectivity index (χ1v) is 7.02. The minimum atomic E-state index is 0.760. The number of hydrogen-bond acceptors (Lipinski definition) is 2. The van der Waals surface area contributed by atoms with Gasteiger partial charge in [0.25, 0.3) is 0 Å². The molecular weight excluding hydrogens is 208 g/mol. The summed E-state index contributed by atoms with van der Waals surface area (Å²) in [5.74, 6) is 0.904. The van der Waals surface area contributed by atoms with E-state index < -0.39 is 0 Å². The number of pyridine rings is 1. The smallest absolute Gasteiger partial charge is 0.0270 e. The summed E-state index contributed by atoms with van der Waals surface area (Å²) in [4.78, 5) is 4.05. The fourth-order valence-electron chi connectivity index (χ4n) is 2.92. The summed E-state index contributed by atoms with van der Waals surface area (Å²) >= 11 is 0. The molecule has 0 bridgehead atoms. The molecular formula is C15H24N2. The van der Waals surface area contributed by atoms with Gasteiger partial charge in [-0.15, -0.1) is 0 Å². The Morgan fingerprint density at radius 2 is 2.00 bits per heavy atom. The summed E-state index contributed by atoms with van der Waals surface area (Å²) in [5.41, 5.74) is 1.39. The standard InChI is InChI=1S/C15H24N2/c1-2-14-5-3-4-6-15(14)17-12-9-13-7-10-16-11-8-13/h7-8,10-11,14-15,17H,2-6,9,12H2,1H3. The maximum Gasteiger partial charge on any atom is 0.0270 e. The molecule has 0 amide bonds. The normalized spacial score (nSPS) is 24.8. The maximum absolute atomic E-state index is 4.05. The Morgan fingerprint density at radius 1 is 1.24 bits per heavy atom. The Kier molecular flexibility index (Phi) is 4.99. The molecule has 0 radical (unpaired) electrons. The Bertz CT molecular complexity index is 310. The van der Waals surface area contributed by atoms with Crippen LogP contribution in [0.4, 0.5) is 0 Å². The fraction of sp³-hybridized carbons (Fsp3) is 0.667. The first-order valence-electron chi connectivity index (χ1n) is 7.02. The molecule has 1 saturated carbocycles. The molecule has 94 valence electrons. The second-order valence-corrected chi connectivity index (χ2v) is 5.12. The zero-order valence-electron chi connectivity index (χ0n) is 10.9. The Hall–Kier alpha value is -0.890. The molecule has 2 heteroatoms. The van der Waals surface area contributed by atoms with E-state index in [4.69, 9.17) is 0 Å². The predicted molar refractivity (Wildman–Crippen MR) is 72.0 cm³/mol. The van der Waals surface area contributed by atoms with Crippen LogP contribution in [0.1, 0.15) is 44.6 Å². The van der Waals surface area contributed by atoms with Crippen LogP contribution in [-0.2, 0) is 6.42 Å². The highest BCUT2D eigenvalue weighted by Crippen LogP contribution is 2.26. The van der Waals surface area contributed by atoms with Gasteiger partial charge >= 0.3 is 0 Å². The van der Waals surface area contributed by atoms with Crippen LogP contribution in [0.25, 0.3) is 0 Å². The second-order valence-electron chi connectivity index (χ2n) is 5.12. The molecule has 2 unspecified atom stereocenters. The average Bonchev–Trinajstić information content (AvgIpc) is 2.40. The van der Waals surface area contributed by atoms with Crippen LogP contribution in [0, 0.1) is 5.92 Å². The van der Waals surface area contributed by atoms with Gasteiger partial charge in [0.2, 0.25) is 0 Å². The number of aromatic nitrogens is 1. The summed E-state index contributed by atoms with van der Waals surface area (Å²) in [5, 5.41) is 3.75. The van der Waals surface area contributed by atoms with E-state index in [0.717, 1.165) is 24.9 Å². The molecule has 1 aromatic heterocycles. The van der Waals surface area contributed by atoms with E-state index in [1.165, 1.54) is 37.7 Å². The van der Waals surface area contributed by atoms with Crippen molar-refractivity contribution < 1.29 is 0 Å². The number of nitrogens with one attached hydrogen (secondary N) is 1. The molecule has 0 spiro atoms. The van der Waals surface area contributed by atoms with Crippen LogP contribution in [0.5, 0.6) is 0 Å². The molecule has 1 aliphatic rings. The molecule has 1 heterocycles. The minimum absolute atomic E-state index is 0.760. The molecule has 1 aromatic rings. The number of hydrogen-bond donors (Lipinski definition) is 1. The maximum atomic E-state index is 4.05. The fourth-order valence-corrected chi connectivity index (χ4v) is 2.92. The molecule has 1 aliphatic carbocycles. The molecule has 0 aliphatic heterocycles. The lowest BCUT2D eigenvalue weighted by Gasteiger charge is -2.31.